The predicted molar refractivity (Wildman–Crippen MR) is 84.4 cm³/mol. The zero-order chi connectivity index (χ0) is 15.5. The van der Waals surface area contributed by atoms with Crippen molar-refractivity contribution in [2.75, 3.05) is 6.79 Å². The molecular formula is C18H14N2O3. The molecule has 0 bridgehead atoms. The van der Waals surface area contributed by atoms with Crippen LogP contribution in [-0.2, 0) is 6.61 Å². The first-order valence-electron chi connectivity index (χ1n) is 7.27. The fourth-order valence-electron chi connectivity index (χ4n) is 2.34. The van der Waals surface area contributed by atoms with Crippen molar-refractivity contribution in [1.82, 2.24) is 9.97 Å². The van der Waals surface area contributed by atoms with Gasteiger partial charge in [-0.3, -0.25) is 4.98 Å². The Morgan fingerprint density at radius 3 is 2.65 bits per heavy atom. The SMILES string of the molecule is c1ccc(COc2ccc(-c3ccc4c(c3)OCO4)cn2)nc1. The molecule has 2 aromatic heterocycles. The van der Waals surface area contributed by atoms with Crippen LogP contribution in [0.5, 0.6) is 17.4 Å². The van der Waals surface area contributed by atoms with E-state index >= 15 is 0 Å². The van der Waals surface area contributed by atoms with E-state index < -0.39 is 0 Å². The van der Waals surface area contributed by atoms with Gasteiger partial charge in [0.25, 0.3) is 0 Å². The van der Waals surface area contributed by atoms with Crippen molar-refractivity contribution in [2.45, 2.75) is 6.61 Å². The van der Waals surface area contributed by atoms with E-state index in [9.17, 15) is 0 Å². The highest BCUT2D eigenvalue weighted by Crippen LogP contribution is 2.35. The molecule has 0 fully saturated rings. The van der Waals surface area contributed by atoms with Gasteiger partial charge < -0.3 is 14.2 Å². The van der Waals surface area contributed by atoms with Crippen LogP contribution in [0.2, 0.25) is 0 Å². The molecule has 0 saturated carbocycles. The first kappa shape index (κ1) is 13.6. The number of ether oxygens (including phenoxy) is 3. The molecule has 5 nitrogen and oxygen atoms in total. The van der Waals surface area contributed by atoms with E-state index in [4.69, 9.17) is 14.2 Å². The number of nitrogens with zero attached hydrogens (tertiary/aromatic N) is 2. The number of benzene rings is 1. The summed E-state index contributed by atoms with van der Waals surface area (Å²) in [5, 5.41) is 0. The maximum absolute atomic E-state index is 5.64. The molecule has 0 aliphatic carbocycles. The summed E-state index contributed by atoms with van der Waals surface area (Å²) < 4.78 is 16.4. The number of hydrogen-bond acceptors (Lipinski definition) is 5. The molecule has 0 unspecified atom stereocenters. The van der Waals surface area contributed by atoms with Crippen molar-refractivity contribution in [3.63, 3.8) is 0 Å². The van der Waals surface area contributed by atoms with Crippen LogP contribution in [0.4, 0.5) is 0 Å². The molecule has 5 heteroatoms. The van der Waals surface area contributed by atoms with E-state index in [1.165, 1.54) is 0 Å². The normalized spacial score (nSPS) is 12.2. The molecule has 0 radical (unpaired) electrons. The average Bonchev–Trinajstić information content (AvgIpc) is 3.09. The lowest BCUT2D eigenvalue weighted by Crippen LogP contribution is -1.98. The first-order chi connectivity index (χ1) is 11.4. The van der Waals surface area contributed by atoms with Crippen LogP contribution < -0.4 is 14.2 Å². The van der Waals surface area contributed by atoms with E-state index in [1.807, 2.05) is 48.5 Å². The van der Waals surface area contributed by atoms with Crippen LogP contribution in [0.25, 0.3) is 11.1 Å². The number of fused-ring (bicyclic) bond motifs is 1. The van der Waals surface area contributed by atoms with E-state index in [0.717, 1.165) is 28.3 Å². The highest BCUT2D eigenvalue weighted by Gasteiger charge is 2.13. The first-order valence-corrected chi connectivity index (χ1v) is 7.27. The third-order valence-corrected chi connectivity index (χ3v) is 3.54. The molecule has 1 aliphatic heterocycles. The molecular weight excluding hydrogens is 292 g/mol. The average molecular weight is 306 g/mol. The molecule has 0 saturated heterocycles. The minimum absolute atomic E-state index is 0.275. The van der Waals surface area contributed by atoms with Crippen LogP contribution in [0.15, 0.2) is 60.9 Å². The van der Waals surface area contributed by atoms with Gasteiger partial charge in [-0.25, -0.2) is 4.98 Å². The van der Waals surface area contributed by atoms with E-state index in [1.54, 1.807) is 12.4 Å². The van der Waals surface area contributed by atoms with Gasteiger partial charge in [0.05, 0.1) is 5.69 Å². The lowest BCUT2D eigenvalue weighted by Gasteiger charge is -2.06. The Kier molecular flexibility index (Phi) is 3.52. The highest BCUT2D eigenvalue weighted by molar-refractivity contribution is 5.67. The molecule has 1 aliphatic rings. The van der Waals surface area contributed by atoms with Crippen molar-refractivity contribution in [3.8, 4) is 28.5 Å². The Bertz CT molecular complexity index is 804. The molecule has 0 atom stereocenters. The van der Waals surface area contributed by atoms with Gasteiger partial charge in [0.2, 0.25) is 12.7 Å². The van der Waals surface area contributed by atoms with Crippen LogP contribution in [0.1, 0.15) is 5.69 Å². The Morgan fingerprint density at radius 2 is 1.83 bits per heavy atom. The molecule has 0 spiro atoms. The van der Waals surface area contributed by atoms with Crippen molar-refractivity contribution in [2.24, 2.45) is 0 Å². The minimum Gasteiger partial charge on any atom is -0.471 e. The summed E-state index contributed by atoms with van der Waals surface area (Å²) >= 11 is 0. The predicted octanol–water partition coefficient (Wildman–Crippen LogP) is 3.45. The number of aromatic nitrogens is 2. The molecule has 0 N–H and O–H groups in total. The van der Waals surface area contributed by atoms with Crippen molar-refractivity contribution >= 4 is 0 Å². The van der Waals surface area contributed by atoms with Crippen molar-refractivity contribution < 1.29 is 14.2 Å². The van der Waals surface area contributed by atoms with Gasteiger partial charge in [0.15, 0.2) is 11.5 Å². The van der Waals surface area contributed by atoms with Gasteiger partial charge in [0, 0.05) is 24.0 Å². The third-order valence-electron chi connectivity index (χ3n) is 3.54. The van der Waals surface area contributed by atoms with E-state index in [2.05, 4.69) is 9.97 Å². The van der Waals surface area contributed by atoms with Crippen LogP contribution >= 0.6 is 0 Å². The van der Waals surface area contributed by atoms with Gasteiger partial charge in [-0.15, -0.1) is 0 Å². The fourth-order valence-corrected chi connectivity index (χ4v) is 2.34. The lowest BCUT2D eigenvalue weighted by atomic mass is 10.1. The third kappa shape index (κ3) is 2.94. The molecule has 1 aromatic carbocycles. The molecule has 3 heterocycles. The van der Waals surface area contributed by atoms with Gasteiger partial charge >= 0.3 is 0 Å². The minimum atomic E-state index is 0.275. The van der Waals surface area contributed by atoms with Crippen molar-refractivity contribution in [1.29, 1.82) is 0 Å². The van der Waals surface area contributed by atoms with Crippen LogP contribution in [-0.4, -0.2) is 16.8 Å². The second-order valence-corrected chi connectivity index (χ2v) is 5.06. The topological polar surface area (TPSA) is 53.5 Å². The van der Waals surface area contributed by atoms with Crippen LogP contribution in [0, 0.1) is 0 Å². The lowest BCUT2D eigenvalue weighted by molar-refractivity contribution is 0.174. The number of rotatable bonds is 4. The van der Waals surface area contributed by atoms with Gasteiger partial charge in [-0.2, -0.15) is 0 Å². The fraction of sp³-hybridized carbons (Fsp3) is 0.111. The van der Waals surface area contributed by atoms with Gasteiger partial charge in [0.1, 0.15) is 6.61 Å². The Labute approximate surface area is 133 Å². The standard InChI is InChI=1S/C18H14N2O3/c1-2-8-19-15(3-1)11-21-18-7-5-14(10-20-18)13-4-6-16-17(9-13)23-12-22-16/h1-10H,11-12H2. The Morgan fingerprint density at radius 1 is 0.913 bits per heavy atom. The Hall–Kier alpha value is -3.08. The second kappa shape index (κ2) is 5.96. The number of hydrogen-bond donors (Lipinski definition) is 0. The van der Waals surface area contributed by atoms with Gasteiger partial charge in [-0.05, 0) is 35.9 Å². The quantitative estimate of drug-likeness (QED) is 0.739. The molecule has 23 heavy (non-hydrogen) atoms. The summed E-state index contributed by atoms with van der Waals surface area (Å²) in [6, 6.07) is 15.4. The summed E-state index contributed by atoms with van der Waals surface area (Å²) in [5.41, 5.74) is 2.89. The van der Waals surface area contributed by atoms with E-state index in [0.29, 0.717) is 12.5 Å². The molecule has 0 amide bonds. The summed E-state index contributed by atoms with van der Waals surface area (Å²) in [5.74, 6) is 2.11. The monoisotopic (exact) mass is 306 g/mol. The number of pyridine rings is 2. The summed E-state index contributed by atoms with van der Waals surface area (Å²) in [4.78, 5) is 8.56. The largest absolute Gasteiger partial charge is 0.471 e. The summed E-state index contributed by atoms with van der Waals surface area (Å²) in [6.07, 6.45) is 3.53. The molecule has 4 rings (SSSR count). The molecule has 114 valence electrons. The maximum atomic E-state index is 5.64. The molecule has 3 aromatic rings. The van der Waals surface area contributed by atoms with Crippen LogP contribution in [0.3, 0.4) is 0 Å². The summed E-state index contributed by atoms with van der Waals surface area (Å²) in [6.45, 7) is 0.675. The zero-order valence-corrected chi connectivity index (χ0v) is 12.3. The summed E-state index contributed by atoms with van der Waals surface area (Å²) in [7, 11) is 0. The Balaban J connectivity index is 1.47. The zero-order valence-electron chi connectivity index (χ0n) is 12.3. The second-order valence-electron chi connectivity index (χ2n) is 5.06. The van der Waals surface area contributed by atoms with E-state index in [-0.39, 0.29) is 6.79 Å². The van der Waals surface area contributed by atoms with Crippen molar-refractivity contribution in [3.05, 3.63) is 66.6 Å². The van der Waals surface area contributed by atoms with Gasteiger partial charge in [-0.1, -0.05) is 12.1 Å². The highest BCUT2D eigenvalue weighted by atomic mass is 16.7. The maximum Gasteiger partial charge on any atom is 0.231 e. The smallest absolute Gasteiger partial charge is 0.231 e.